The first kappa shape index (κ1) is 26.8. The maximum Gasteiger partial charge on any atom is 0.306 e. The molecule has 0 aliphatic carbocycles. The van der Waals surface area contributed by atoms with Crippen LogP contribution in [-0.2, 0) is 25.7 Å². The number of hydrogen-bond acceptors (Lipinski definition) is 4. The molecule has 0 unspecified atom stereocenters. The minimum absolute atomic E-state index is 0.230. The van der Waals surface area contributed by atoms with Gasteiger partial charge in [-0.3, -0.25) is 9.59 Å². The van der Waals surface area contributed by atoms with Gasteiger partial charge in [0, 0.05) is 0 Å². The molecule has 0 heterocycles. The number of rotatable bonds is 15. The third-order valence-corrected chi connectivity index (χ3v) is 4.72. The maximum atomic E-state index is 13.5. The van der Waals surface area contributed by atoms with Crippen molar-refractivity contribution in [1.82, 2.24) is 0 Å². The van der Waals surface area contributed by atoms with Gasteiger partial charge < -0.3 is 9.47 Å². The normalized spacial score (nSPS) is 10.9. The van der Waals surface area contributed by atoms with Crippen molar-refractivity contribution in [3.8, 4) is 0 Å². The Morgan fingerprint density at radius 3 is 1.55 bits per heavy atom. The predicted molar refractivity (Wildman–Crippen MR) is 103 cm³/mol. The van der Waals surface area contributed by atoms with Gasteiger partial charge in [0.15, 0.2) is 23.3 Å². The molecule has 1 aromatic rings. The molecule has 0 N–H and O–H groups in total. The summed E-state index contributed by atoms with van der Waals surface area (Å²) in [6.45, 7) is 1.26. The first-order valence-electron chi connectivity index (χ1n) is 10.6. The van der Waals surface area contributed by atoms with Gasteiger partial charge in [0.05, 0.1) is 25.0 Å². The molecule has 0 bridgehead atoms. The van der Waals surface area contributed by atoms with Gasteiger partial charge in [-0.2, -0.15) is 0 Å². The van der Waals surface area contributed by atoms with Crippen LogP contribution in [0.25, 0.3) is 0 Å². The molecule has 0 aliphatic rings. The molecule has 0 saturated carbocycles. The second-order valence-corrected chi connectivity index (χ2v) is 7.26. The zero-order valence-corrected chi connectivity index (χ0v) is 17.7. The molecule has 4 nitrogen and oxygen atoms in total. The van der Waals surface area contributed by atoms with Crippen LogP contribution in [0.1, 0.15) is 83.1 Å². The minimum Gasteiger partial charge on any atom is -0.466 e. The van der Waals surface area contributed by atoms with Crippen molar-refractivity contribution >= 4 is 11.9 Å². The summed E-state index contributed by atoms with van der Waals surface area (Å²) in [5.74, 6) is -12.3. The van der Waals surface area contributed by atoms with Gasteiger partial charge in [0.25, 0.3) is 0 Å². The average molecular weight is 452 g/mol. The topological polar surface area (TPSA) is 52.6 Å². The molecule has 0 radical (unpaired) electrons. The lowest BCUT2D eigenvalue weighted by atomic mass is 10.1. The van der Waals surface area contributed by atoms with Crippen molar-refractivity contribution in [2.75, 3.05) is 6.61 Å². The Bertz CT molecular complexity index is 695. The van der Waals surface area contributed by atoms with Crippen molar-refractivity contribution in [3.63, 3.8) is 0 Å². The molecular weight excluding hydrogens is 423 g/mol. The van der Waals surface area contributed by atoms with Crippen LogP contribution in [0.5, 0.6) is 0 Å². The second-order valence-electron chi connectivity index (χ2n) is 7.26. The average Bonchev–Trinajstić information content (AvgIpc) is 2.76. The van der Waals surface area contributed by atoms with Gasteiger partial charge in [-0.25, -0.2) is 22.0 Å². The van der Waals surface area contributed by atoms with Crippen LogP contribution in [-0.4, -0.2) is 18.5 Å². The lowest BCUT2D eigenvalue weighted by Crippen LogP contribution is -2.13. The number of halogens is 5. The van der Waals surface area contributed by atoms with E-state index in [1.165, 1.54) is 32.1 Å². The minimum atomic E-state index is -2.29. The van der Waals surface area contributed by atoms with E-state index in [1.807, 2.05) is 0 Å². The Kier molecular flexibility index (Phi) is 12.8. The SMILES string of the molecule is CCCCCCCCCCCOC(=O)CCC(=O)OCc1c(F)c(F)c(F)c(F)c1F. The summed E-state index contributed by atoms with van der Waals surface area (Å²) < 4.78 is 75.7. The van der Waals surface area contributed by atoms with Crippen LogP contribution in [0.2, 0.25) is 0 Å². The third kappa shape index (κ3) is 9.65. The van der Waals surface area contributed by atoms with E-state index in [2.05, 4.69) is 11.7 Å². The lowest BCUT2D eigenvalue weighted by Gasteiger charge is -2.09. The van der Waals surface area contributed by atoms with Crippen molar-refractivity contribution in [2.45, 2.75) is 84.2 Å². The summed E-state index contributed by atoms with van der Waals surface area (Å²) in [6, 6.07) is 0. The molecule has 1 aromatic carbocycles. The molecular formula is C22H29F5O4. The molecule has 31 heavy (non-hydrogen) atoms. The van der Waals surface area contributed by atoms with Gasteiger partial charge >= 0.3 is 11.9 Å². The number of carbonyl (C=O) groups is 2. The van der Waals surface area contributed by atoms with E-state index >= 15 is 0 Å². The summed E-state index contributed by atoms with van der Waals surface area (Å²) in [5, 5.41) is 0. The quantitative estimate of drug-likeness (QED) is 0.103. The highest BCUT2D eigenvalue weighted by Gasteiger charge is 2.26. The number of carbonyl (C=O) groups excluding carboxylic acids is 2. The standard InChI is InChI=1S/C22H29F5O4/c1-2-3-4-5-6-7-8-9-10-13-30-16(28)11-12-17(29)31-14-15-18(23)20(25)22(27)21(26)19(15)24/h2-14H2,1H3. The van der Waals surface area contributed by atoms with Crippen molar-refractivity contribution < 1.29 is 41.0 Å². The smallest absolute Gasteiger partial charge is 0.306 e. The predicted octanol–water partition coefficient (Wildman–Crippen LogP) is 6.28. The van der Waals surface area contributed by atoms with E-state index in [-0.39, 0.29) is 13.0 Å². The summed E-state index contributed by atoms with van der Waals surface area (Å²) in [6.07, 6.45) is 9.29. The van der Waals surface area contributed by atoms with Gasteiger partial charge in [0.1, 0.15) is 6.61 Å². The van der Waals surface area contributed by atoms with Gasteiger partial charge in [-0.05, 0) is 6.42 Å². The van der Waals surface area contributed by atoms with Crippen molar-refractivity contribution in [2.24, 2.45) is 0 Å². The first-order valence-corrected chi connectivity index (χ1v) is 10.6. The van der Waals surface area contributed by atoms with E-state index in [0.29, 0.717) is 6.42 Å². The third-order valence-electron chi connectivity index (χ3n) is 4.72. The zero-order chi connectivity index (χ0) is 23.2. The summed E-state index contributed by atoms with van der Waals surface area (Å²) in [4.78, 5) is 23.2. The molecule has 0 aromatic heterocycles. The molecule has 0 fully saturated rings. The summed E-state index contributed by atoms with van der Waals surface area (Å²) >= 11 is 0. The number of benzene rings is 1. The van der Waals surface area contributed by atoms with Gasteiger partial charge in [-0.1, -0.05) is 58.3 Å². The largest absolute Gasteiger partial charge is 0.466 e. The van der Waals surface area contributed by atoms with E-state index in [0.717, 1.165) is 19.3 Å². The maximum absolute atomic E-state index is 13.5. The monoisotopic (exact) mass is 452 g/mol. The van der Waals surface area contributed by atoms with E-state index in [9.17, 15) is 31.5 Å². The van der Waals surface area contributed by atoms with Crippen LogP contribution >= 0.6 is 0 Å². The summed E-state index contributed by atoms with van der Waals surface area (Å²) in [5.41, 5.74) is -1.25. The highest BCUT2D eigenvalue weighted by molar-refractivity contribution is 5.77. The number of unbranched alkanes of at least 4 members (excludes halogenated alkanes) is 8. The fourth-order valence-corrected chi connectivity index (χ4v) is 2.88. The first-order chi connectivity index (χ1) is 14.8. The zero-order valence-electron chi connectivity index (χ0n) is 17.7. The van der Waals surface area contributed by atoms with Crippen molar-refractivity contribution in [1.29, 1.82) is 0 Å². The van der Waals surface area contributed by atoms with Crippen LogP contribution < -0.4 is 0 Å². The number of hydrogen-bond donors (Lipinski definition) is 0. The molecule has 176 valence electrons. The van der Waals surface area contributed by atoms with Crippen LogP contribution in [0.4, 0.5) is 22.0 Å². The molecule has 0 aliphatic heterocycles. The van der Waals surface area contributed by atoms with E-state index < -0.39 is 59.6 Å². The lowest BCUT2D eigenvalue weighted by molar-refractivity contribution is -0.151. The molecule has 9 heteroatoms. The van der Waals surface area contributed by atoms with Crippen LogP contribution in [0.3, 0.4) is 0 Å². The Labute approximate surface area is 179 Å². The number of ether oxygens (including phenoxy) is 2. The Balaban J connectivity index is 2.18. The molecule has 1 rings (SSSR count). The number of esters is 2. The molecule has 0 spiro atoms. The van der Waals surface area contributed by atoms with Gasteiger partial charge in [-0.15, -0.1) is 0 Å². The van der Waals surface area contributed by atoms with E-state index in [4.69, 9.17) is 4.74 Å². The van der Waals surface area contributed by atoms with Crippen molar-refractivity contribution in [3.05, 3.63) is 34.6 Å². The van der Waals surface area contributed by atoms with Crippen LogP contribution in [0.15, 0.2) is 0 Å². The fraction of sp³-hybridized carbons (Fsp3) is 0.636. The second kappa shape index (κ2) is 14.8. The molecule has 0 amide bonds. The van der Waals surface area contributed by atoms with Gasteiger partial charge in [0.2, 0.25) is 5.82 Å². The summed E-state index contributed by atoms with van der Waals surface area (Å²) in [7, 11) is 0. The van der Waals surface area contributed by atoms with E-state index in [1.54, 1.807) is 0 Å². The molecule has 0 atom stereocenters. The van der Waals surface area contributed by atoms with Crippen LogP contribution in [0, 0.1) is 29.1 Å². The molecule has 0 saturated heterocycles. The Morgan fingerprint density at radius 1 is 0.613 bits per heavy atom. The Morgan fingerprint density at radius 2 is 1.03 bits per heavy atom. The Hall–Kier alpha value is -2.19. The highest BCUT2D eigenvalue weighted by Crippen LogP contribution is 2.23. The fourth-order valence-electron chi connectivity index (χ4n) is 2.88. The highest BCUT2D eigenvalue weighted by atomic mass is 19.2.